The average molecular weight is 228 g/mol. The number of hydrogen-bond donors (Lipinski definition) is 2. The summed E-state index contributed by atoms with van der Waals surface area (Å²) in [5.74, 6) is 1.25. The Morgan fingerprint density at radius 2 is 2.33 bits per heavy atom. The number of ketones is 1. The lowest BCUT2D eigenvalue weighted by Gasteiger charge is -2.15. The van der Waals surface area contributed by atoms with E-state index in [0.717, 1.165) is 18.6 Å². The maximum absolute atomic E-state index is 11.1. The Hall–Kier alpha value is -0.710. The molecule has 0 unspecified atom stereocenters. The summed E-state index contributed by atoms with van der Waals surface area (Å²) in [5, 5.41) is 6.34. The quantitative estimate of drug-likeness (QED) is 0.703. The summed E-state index contributed by atoms with van der Waals surface area (Å²) >= 11 is 1.90. The number of nitrogens with one attached hydrogen (secondary N) is 2. The van der Waals surface area contributed by atoms with Crippen LogP contribution in [0.2, 0.25) is 0 Å². The second kappa shape index (κ2) is 4.43. The SMILES string of the molecule is CC(=O)CCC[C@@H]1SC[C@@H]2NC(=O)N[C@@H]21. The van der Waals surface area contributed by atoms with E-state index in [2.05, 4.69) is 10.6 Å². The number of Topliss-reactive ketones (excluding diaryl/α,β-unsaturated/α-hetero) is 1. The van der Waals surface area contributed by atoms with E-state index in [-0.39, 0.29) is 17.9 Å². The third kappa shape index (κ3) is 2.45. The number of carbonyl (C=O) groups excluding carboxylic acids is 2. The molecule has 84 valence electrons. The Labute approximate surface area is 93.6 Å². The Morgan fingerprint density at radius 3 is 3.07 bits per heavy atom. The highest BCUT2D eigenvalue weighted by molar-refractivity contribution is 8.00. The van der Waals surface area contributed by atoms with Gasteiger partial charge in [0.2, 0.25) is 0 Å². The van der Waals surface area contributed by atoms with Crippen LogP contribution >= 0.6 is 11.8 Å². The zero-order valence-electron chi connectivity index (χ0n) is 8.79. The van der Waals surface area contributed by atoms with E-state index < -0.39 is 0 Å². The van der Waals surface area contributed by atoms with E-state index >= 15 is 0 Å². The maximum atomic E-state index is 11.1. The van der Waals surface area contributed by atoms with Gasteiger partial charge in [0.25, 0.3) is 0 Å². The van der Waals surface area contributed by atoms with Crippen LogP contribution in [0.4, 0.5) is 4.79 Å². The normalized spacial score (nSPS) is 33.4. The third-order valence-electron chi connectivity index (χ3n) is 2.96. The predicted octanol–water partition coefficient (Wildman–Crippen LogP) is 0.911. The predicted molar refractivity (Wildman–Crippen MR) is 60.0 cm³/mol. The van der Waals surface area contributed by atoms with E-state index in [1.165, 1.54) is 0 Å². The van der Waals surface area contributed by atoms with Crippen molar-refractivity contribution in [3.05, 3.63) is 0 Å². The molecular weight excluding hydrogens is 212 g/mol. The molecule has 0 aliphatic carbocycles. The van der Waals surface area contributed by atoms with E-state index in [1.54, 1.807) is 6.92 Å². The van der Waals surface area contributed by atoms with Gasteiger partial charge < -0.3 is 15.4 Å². The molecular formula is C10H16N2O2S. The standard InChI is InChI=1S/C10H16N2O2S/c1-6(13)3-2-4-8-9-7(5-15-8)11-10(14)12-9/h7-9H,2-5H2,1H3,(H2,11,12,14)/t7-,8-,9-/m0/s1. The zero-order chi connectivity index (χ0) is 10.8. The van der Waals surface area contributed by atoms with Gasteiger partial charge in [0.1, 0.15) is 5.78 Å². The molecule has 15 heavy (non-hydrogen) atoms. The lowest BCUT2D eigenvalue weighted by Crippen LogP contribution is -2.36. The van der Waals surface area contributed by atoms with Gasteiger partial charge in [-0.05, 0) is 19.8 Å². The number of hydrogen-bond acceptors (Lipinski definition) is 3. The van der Waals surface area contributed by atoms with Crippen LogP contribution in [-0.2, 0) is 4.79 Å². The number of fused-ring (bicyclic) bond motifs is 1. The van der Waals surface area contributed by atoms with Crippen molar-refractivity contribution in [2.75, 3.05) is 5.75 Å². The fourth-order valence-electron chi connectivity index (χ4n) is 2.20. The molecule has 2 aliphatic rings. The summed E-state index contributed by atoms with van der Waals surface area (Å²) in [6, 6.07) is 0.529. The zero-order valence-corrected chi connectivity index (χ0v) is 9.60. The van der Waals surface area contributed by atoms with Crippen LogP contribution in [0.1, 0.15) is 26.2 Å². The molecule has 0 saturated carbocycles. The first-order valence-corrected chi connectivity index (χ1v) is 6.40. The first-order chi connectivity index (χ1) is 7.16. The van der Waals surface area contributed by atoms with Crippen LogP contribution < -0.4 is 10.6 Å². The van der Waals surface area contributed by atoms with E-state index in [4.69, 9.17) is 0 Å². The molecule has 0 radical (unpaired) electrons. The first-order valence-electron chi connectivity index (χ1n) is 5.35. The van der Waals surface area contributed by atoms with Gasteiger partial charge in [-0.25, -0.2) is 4.79 Å². The molecule has 0 aromatic rings. The lowest BCUT2D eigenvalue weighted by molar-refractivity contribution is -0.117. The van der Waals surface area contributed by atoms with Gasteiger partial charge in [0.05, 0.1) is 12.1 Å². The molecule has 5 heteroatoms. The molecule has 2 fully saturated rings. The second-order valence-corrected chi connectivity index (χ2v) is 5.49. The summed E-state index contributed by atoms with van der Waals surface area (Å²) in [6.07, 6.45) is 2.62. The van der Waals surface area contributed by atoms with Gasteiger partial charge in [0, 0.05) is 17.4 Å². The topological polar surface area (TPSA) is 58.2 Å². The fourth-order valence-corrected chi connectivity index (χ4v) is 3.74. The second-order valence-electron chi connectivity index (χ2n) is 4.22. The monoisotopic (exact) mass is 228 g/mol. The summed E-state index contributed by atoms with van der Waals surface area (Å²) in [7, 11) is 0. The first kappa shape index (κ1) is 10.8. The Bertz CT molecular complexity index is 283. The molecule has 0 bridgehead atoms. The van der Waals surface area contributed by atoms with Crippen molar-refractivity contribution in [3.63, 3.8) is 0 Å². The van der Waals surface area contributed by atoms with Gasteiger partial charge in [-0.3, -0.25) is 0 Å². The molecule has 2 rings (SSSR count). The van der Waals surface area contributed by atoms with Gasteiger partial charge in [-0.1, -0.05) is 0 Å². The maximum Gasteiger partial charge on any atom is 0.315 e. The van der Waals surface area contributed by atoms with E-state index in [0.29, 0.717) is 17.7 Å². The van der Waals surface area contributed by atoms with Crippen LogP contribution in [0.5, 0.6) is 0 Å². The van der Waals surface area contributed by atoms with Crippen LogP contribution in [0.3, 0.4) is 0 Å². The smallest absolute Gasteiger partial charge is 0.315 e. The largest absolute Gasteiger partial charge is 0.332 e. The number of thioether (sulfide) groups is 1. The van der Waals surface area contributed by atoms with Gasteiger partial charge in [-0.2, -0.15) is 11.8 Å². The highest BCUT2D eigenvalue weighted by atomic mass is 32.2. The fraction of sp³-hybridized carbons (Fsp3) is 0.800. The van der Waals surface area contributed by atoms with Crippen LogP contribution in [0, 0.1) is 0 Å². The number of carbonyl (C=O) groups is 2. The molecule has 0 spiro atoms. The van der Waals surface area contributed by atoms with Gasteiger partial charge in [0.15, 0.2) is 0 Å². The Kier molecular flexibility index (Phi) is 3.19. The Balaban J connectivity index is 1.79. The minimum Gasteiger partial charge on any atom is -0.332 e. The molecule has 4 nitrogen and oxygen atoms in total. The summed E-state index contributed by atoms with van der Waals surface area (Å²) < 4.78 is 0. The Morgan fingerprint density at radius 1 is 1.53 bits per heavy atom. The van der Waals surface area contributed by atoms with E-state index in [9.17, 15) is 9.59 Å². The number of urea groups is 1. The lowest BCUT2D eigenvalue weighted by atomic mass is 10.0. The molecule has 0 aromatic carbocycles. The number of rotatable bonds is 4. The van der Waals surface area contributed by atoms with Gasteiger partial charge >= 0.3 is 6.03 Å². The van der Waals surface area contributed by atoms with Crippen molar-refractivity contribution >= 4 is 23.6 Å². The van der Waals surface area contributed by atoms with Crippen molar-refractivity contribution < 1.29 is 9.59 Å². The summed E-state index contributed by atoms with van der Waals surface area (Å²) in [4.78, 5) is 21.9. The highest BCUT2D eigenvalue weighted by Gasteiger charge is 2.42. The van der Waals surface area contributed by atoms with Crippen molar-refractivity contribution in [1.29, 1.82) is 0 Å². The van der Waals surface area contributed by atoms with E-state index in [1.807, 2.05) is 11.8 Å². The summed E-state index contributed by atoms with van der Waals surface area (Å²) in [5.41, 5.74) is 0. The molecule has 2 aliphatic heterocycles. The molecule has 2 saturated heterocycles. The van der Waals surface area contributed by atoms with Crippen LogP contribution in [0.25, 0.3) is 0 Å². The van der Waals surface area contributed by atoms with Crippen molar-refractivity contribution in [1.82, 2.24) is 10.6 Å². The number of amides is 2. The minimum atomic E-state index is -0.0399. The minimum absolute atomic E-state index is 0.0399. The van der Waals surface area contributed by atoms with Crippen LogP contribution in [0.15, 0.2) is 0 Å². The highest BCUT2D eigenvalue weighted by Crippen LogP contribution is 2.32. The van der Waals surface area contributed by atoms with Crippen molar-refractivity contribution in [2.45, 2.75) is 43.5 Å². The van der Waals surface area contributed by atoms with Crippen molar-refractivity contribution in [2.24, 2.45) is 0 Å². The molecule has 3 atom stereocenters. The summed E-state index contributed by atoms with van der Waals surface area (Å²) in [6.45, 7) is 1.63. The third-order valence-corrected chi connectivity index (χ3v) is 4.46. The molecule has 2 heterocycles. The molecule has 0 aromatic heterocycles. The average Bonchev–Trinajstić information content (AvgIpc) is 2.65. The van der Waals surface area contributed by atoms with Gasteiger partial charge in [-0.15, -0.1) is 0 Å². The molecule has 2 amide bonds. The molecule has 2 N–H and O–H groups in total. The van der Waals surface area contributed by atoms with Crippen LogP contribution in [-0.4, -0.2) is 34.9 Å². The van der Waals surface area contributed by atoms with Crippen molar-refractivity contribution in [3.8, 4) is 0 Å².